The highest BCUT2D eigenvalue weighted by molar-refractivity contribution is 5.33. The largest absolute Gasteiger partial charge is 0.385 e. The predicted octanol–water partition coefficient (Wildman–Crippen LogP) is 4.34. The summed E-state index contributed by atoms with van der Waals surface area (Å²) in [4.78, 5) is 0. The van der Waals surface area contributed by atoms with Crippen molar-refractivity contribution < 1.29 is 5.11 Å². The van der Waals surface area contributed by atoms with Gasteiger partial charge in [-0.25, -0.2) is 0 Å². The van der Waals surface area contributed by atoms with E-state index in [1.165, 1.54) is 17.5 Å². The Balaban J connectivity index is 2.26. The van der Waals surface area contributed by atoms with Gasteiger partial charge in [0.15, 0.2) is 0 Å². The van der Waals surface area contributed by atoms with E-state index in [9.17, 15) is 5.11 Å². The Morgan fingerprint density at radius 3 is 2.56 bits per heavy atom. The first-order valence-electron chi connectivity index (χ1n) is 7.22. The molecule has 2 atom stereocenters. The number of rotatable bonds is 2. The van der Waals surface area contributed by atoms with Gasteiger partial charge in [0.05, 0.1) is 5.60 Å². The molecule has 1 fully saturated rings. The molecule has 0 spiro atoms. The first-order chi connectivity index (χ1) is 8.42. The van der Waals surface area contributed by atoms with E-state index >= 15 is 0 Å². The number of aliphatic hydroxyl groups is 1. The minimum atomic E-state index is -0.592. The van der Waals surface area contributed by atoms with E-state index in [1.807, 2.05) is 0 Å². The van der Waals surface area contributed by atoms with Gasteiger partial charge in [-0.05, 0) is 68.1 Å². The second kappa shape index (κ2) is 5.05. The maximum absolute atomic E-state index is 11.0. The number of hydrogen-bond donors (Lipinski definition) is 1. The summed E-state index contributed by atoms with van der Waals surface area (Å²) in [6.07, 6.45) is 4.25. The van der Waals surface area contributed by atoms with E-state index in [0.717, 1.165) is 24.8 Å². The van der Waals surface area contributed by atoms with Crippen LogP contribution in [0.3, 0.4) is 0 Å². The maximum atomic E-state index is 11.0. The Morgan fingerprint density at radius 1 is 1.22 bits per heavy atom. The van der Waals surface area contributed by atoms with Gasteiger partial charge in [-0.3, -0.25) is 0 Å². The van der Waals surface area contributed by atoms with Crippen LogP contribution in [0.15, 0.2) is 18.2 Å². The second-order valence-electron chi connectivity index (χ2n) is 6.43. The first-order valence-corrected chi connectivity index (χ1v) is 7.22. The molecule has 2 unspecified atom stereocenters. The van der Waals surface area contributed by atoms with Crippen molar-refractivity contribution in [2.45, 2.75) is 59.0 Å². The zero-order valence-corrected chi connectivity index (χ0v) is 12.2. The maximum Gasteiger partial charge on any atom is 0.0899 e. The van der Waals surface area contributed by atoms with Crippen LogP contribution in [0.4, 0.5) is 0 Å². The Bertz CT molecular complexity index is 422. The van der Waals surface area contributed by atoms with Gasteiger partial charge in [0.1, 0.15) is 0 Å². The van der Waals surface area contributed by atoms with Crippen molar-refractivity contribution in [3.63, 3.8) is 0 Å². The third kappa shape index (κ3) is 2.61. The number of aryl methyl sites for hydroxylation is 2. The zero-order valence-electron chi connectivity index (χ0n) is 12.2. The molecule has 0 bridgehead atoms. The number of benzene rings is 1. The Morgan fingerprint density at radius 2 is 1.94 bits per heavy atom. The minimum absolute atomic E-state index is 0.592. The molecule has 0 radical (unpaired) electrons. The molecule has 100 valence electrons. The molecule has 2 rings (SSSR count). The molecule has 0 aliphatic heterocycles. The molecule has 1 nitrogen and oxygen atoms in total. The van der Waals surface area contributed by atoms with Crippen LogP contribution < -0.4 is 0 Å². The van der Waals surface area contributed by atoms with E-state index in [2.05, 4.69) is 45.9 Å². The van der Waals surface area contributed by atoms with Crippen LogP contribution in [0.25, 0.3) is 0 Å². The first kappa shape index (κ1) is 13.6. The molecule has 0 heterocycles. The molecule has 0 saturated heterocycles. The average molecular weight is 246 g/mol. The summed E-state index contributed by atoms with van der Waals surface area (Å²) in [5, 5.41) is 11.0. The van der Waals surface area contributed by atoms with E-state index < -0.39 is 5.60 Å². The Kier molecular flexibility index (Phi) is 3.82. The van der Waals surface area contributed by atoms with Gasteiger partial charge in [-0.15, -0.1) is 0 Å². The van der Waals surface area contributed by atoms with E-state index in [4.69, 9.17) is 0 Å². The van der Waals surface area contributed by atoms with E-state index in [-0.39, 0.29) is 0 Å². The summed E-state index contributed by atoms with van der Waals surface area (Å²) in [6, 6.07) is 6.44. The summed E-state index contributed by atoms with van der Waals surface area (Å²) in [6.45, 7) is 8.81. The van der Waals surface area contributed by atoms with E-state index in [0.29, 0.717) is 11.8 Å². The Labute approximate surface area is 111 Å². The van der Waals surface area contributed by atoms with Gasteiger partial charge in [-0.1, -0.05) is 32.0 Å². The van der Waals surface area contributed by atoms with Gasteiger partial charge in [-0.2, -0.15) is 0 Å². The number of hydrogen-bond acceptors (Lipinski definition) is 1. The lowest BCUT2D eigenvalue weighted by atomic mass is 9.70. The monoisotopic (exact) mass is 246 g/mol. The predicted molar refractivity (Wildman–Crippen MR) is 76.6 cm³/mol. The molecule has 18 heavy (non-hydrogen) atoms. The van der Waals surface area contributed by atoms with Gasteiger partial charge < -0.3 is 5.11 Å². The van der Waals surface area contributed by atoms with Crippen LogP contribution in [-0.2, 0) is 5.60 Å². The highest BCUT2D eigenvalue weighted by atomic mass is 16.3. The summed E-state index contributed by atoms with van der Waals surface area (Å²) in [5.74, 6) is 1.33. The van der Waals surface area contributed by atoms with Crippen LogP contribution in [0.5, 0.6) is 0 Å². The fourth-order valence-corrected chi connectivity index (χ4v) is 3.16. The lowest BCUT2D eigenvalue weighted by Gasteiger charge is -2.39. The molecule has 0 amide bonds. The Hall–Kier alpha value is -0.820. The van der Waals surface area contributed by atoms with Crippen LogP contribution in [0.2, 0.25) is 0 Å². The molecular formula is C17H26O. The van der Waals surface area contributed by atoms with Crippen LogP contribution >= 0.6 is 0 Å². The van der Waals surface area contributed by atoms with Crippen LogP contribution in [0, 0.1) is 25.7 Å². The summed E-state index contributed by atoms with van der Waals surface area (Å²) < 4.78 is 0. The van der Waals surface area contributed by atoms with Gasteiger partial charge in [0.25, 0.3) is 0 Å². The smallest absolute Gasteiger partial charge is 0.0899 e. The summed E-state index contributed by atoms with van der Waals surface area (Å²) >= 11 is 0. The van der Waals surface area contributed by atoms with Crippen LogP contribution in [-0.4, -0.2) is 5.11 Å². The molecule has 1 saturated carbocycles. The van der Waals surface area contributed by atoms with E-state index in [1.54, 1.807) is 0 Å². The minimum Gasteiger partial charge on any atom is -0.385 e. The topological polar surface area (TPSA) is 20.2 Å². The quantitative estimate of drug-likeness (QED) is 0.823. The second-order valence-corrected chi connectivity index (χ2v) is 6.43. The molecule has 1 N–H and O–H groups in total. The fraction of sp³-hybridized carbons (Fsp3) is 0.647. The van der Waals surface area contributed by atoms with Gasteiger partial charge in [0.2, 0.25) is 0 Å². The molecule has 1 aliphatic carbocycles. The molecule has 1 heteroatoms. The van der Waals surface area contributed by atoms with Crippen molar-refractivity contribution in [3.8, 4) is 0 Å². The van der Waals surface area contributed by atoms with Crippen molar-refractivity contribution >= 4 is 0 Å². The van der Waals surface area contributed by atoms with Gasteiger partial charge >= 0.3 is 0 Å². The fourth-order valence-electron chi connectivity index (χ4n) is 3.16. The normalized spacial score (nSPS) is 28.7. The van der Waals surface area contributed by atoms with Crippen molar-refractivity contribution in [2.24, 2.45) is 11.8 Å². The lowest BCUT2D eigenvalue weighted by Crippen LogP contribution is -2.34. The summed E-state index contributed by atoms with van der Waals surface area (Å²) in [5.41, 5.74) is 3.12. The SMILES string of the molecule is Cc1ccc(C2(O)CCCC(C(C)C)C2)cc1C. The molecule has 1 aromatic carbocycles. The lowest BCUT2D eigenvalue weighted by molar-refractivity contribution is -0.0295. The zero-order chi connectivity index (χ0) is 13.3. The molecule has 0 aromatic heterocycles. The highest BCUT2D eigenvalue weighted by Crippen LogP contribution is 2.42. The highest BCUT2D eigenvalue weighted by Gasteiger charge is 2.36. The van der Waals surface area contributed by atoms with Crippen molar-refractivity contribution in [1.29, 1.82) is 0 Å². The molecule has 1 aliphatic rings. The standard InChI is InChI=1S/C17H26O/c1-12(2)15-6-5-9-17(18,11-15)16-8-7-13(3)14(4)10-16/h7-8,10,12,15,18H,5-6,9,11H2,1-4H3. The van der Waals surface area contributed by atoms with Gasteiger partial charge in [0, 0.05) is 0 Å². The third-order valence-corrected chi connectivity index (χ3v) is 4.75. The molecular weight excluding hydrogens is 220 g/mol. The van der Waals surface area contributed by atoms with Crippen molar-refractivity contribution in [2.75, 3.05) is 0 Å². The van der Waals surface area contributed by atoms with Crippen LogP contribution in [0.1, 0.15) is 56.2 Å². The summed E-state index contributed by atoms with van der Waals surface area (Å²) in [7, 11) is 0. The third-order valence-electron chi connectivity index (χ3n) is 4.75. The van der Waals surface area contributed by atoms with Crippen molar-refractivity contribution in [3.05, 3.63) is 34.9 Å². The molecule has 1 aromatic rings. The van der Waals surface area contributed by atoms with Crippen molar-refractivity contribution in [1.82, 2.24) is 0 Å². The average Bonchev–Trinajstić information content (AvgIpc) is 2.32.